The number of rotatable bonds is 2. The molecular formula is C14H17NO2. The fraction of sp³-hybridized carbons (Fsp3) is 0.429. The second-order valence-electron chi connectivity index (χ2n) is 4.78. The van der Waals surface area contributed by atoms with Crippen molar-refractivity contribution < 1.29 is 9.59 Å². The van der Waals surface area contributed by atoms with Crippen molar-refractivity contribution in [1.82, 2.24) is 0 Å². The molecule has 1 N–H and O–H groups in total. The molecule has 2 rings (SSSR count). The molecule has 1 aromatic rings. The molecule has 1 aromatic carbocycles. The van der Waals surface area contributed by atoms with E-state index in [-0.39, 0.29) is 11.7 Å². The van der Waals surface area contributed by atoms with Crippen LogP contribution in [-0.4, -0.2) is 11.7 Å². The minimum Gasteiger partial charge on any atom is -0.325 e. The van der Waals surface area contributed by atoms with Crippen LogP contribution in [0.3, 0.4) is 0 Å². The fourth-order valence-corrected chi connectivity index (χ4v) is 2.37. The van der Waals surface area contributed by atoms with Crippen molar-refractivity contribution in [2.75, 3.05) is 5.32 Å². The number of Topliss-reactive ketones (excluding diaryl/α,β-unsaturated/α-hetero) is 1. The first-order valence-electron chi connectivity index (χ1n) is 5.98. The van der Waals surface area contributed by atoms with Crippen LogP contribution >= 0.6 is 0 Å². The second-order valence-corrected chi connectivity index (χ2v) is 4.78. The molecule has 0 saturated heterocycles. The Morgan fingerprint density at radius 1 is 1.24 bits per heavy atom. The second kappa shape index (κ2) is 4.70. The van der Waals surface area contributed by atoms with Gasteiger partial charge < -0.3 is 5.32 Å². The highest BCUT2D eigenvalue weighted by atomic mass is 16.2. The lowest BCUT2D eigenvalue weighted by molar-refractivity contribution is -0.129. The number of hydrogen-bond donors (Lipinski definition) is 1. The lowest BCUT2D eigenvalue weighted by atomic mass is 10.1. The van der Waals surface area contributed by atoms with E-state index < -0.39 is 5.92 Å². The number of hydrogen-bond acceptors (Lipinski definition) is 2. The molecule has 1 atom stereocenters. The molecule has 0 spiro atoms. The zero-order chi connectivity index (χ0) is 12.4. The summed E-state index contributed by atoms with van der Waals surface area (Å²) in [4.78, 5) is 23.4. The predicted octanol–water partition coefficient (Wildman–Crippen LogP) is 2.61. The molecule has 1 amide bonds. The van der Waals surface area contributed by atoms with Gasteiger partial charge in [0.1, 0.15) is 5.78 Å². The van der Waals surface area contributed by atoms with Crippen LogP contribution in [0.1, 0.15) is 30.4 Å². The average molecular weight is 231 g/mol. The van der Waals surface area contributed by atoms with Gasteiger partial charge in [0.15, 0.2) is 0 Å². The van der Waals surface area contributed by atoms with Gasteiger partial charge in [0.05, 0.1) is 5.92 Å². The molecule has 0 heterocycles. The van der Waals surface area contributed by atoms with Gasteiger partial charge in [-0.05, 0) is 49.9 Å². The summed E-state index contributed by atoms with van der Waals surface area (Å²) in [5.74, 6) is -0.514. The van der Waals surface area contributed by atoms with E-state index in [0.717, 1.165) is 23.2 Å². The van der Waals surface area contributed by atoms with Gasteiger partial charge in [-0.25, -0.2) is 0 Å². The van der Waals surface area contributed by atoms with E-state index in [1.807, 2.05) is 26.0 Å². The normalized spacial score (nSPS) is 19.4. The van der Waals surface area contributed by atoms with Crippen LogP contribution in [0.5, 0.6) is 0 Å². The van der Waals surface area contributed by atoms with Crippen molar-refractivity contribution in [3.63, 3.8) is 0 Å². The number of ketones is 1. The number of carbonyl (C=O) groups is 2. The summed E-state index contributed by atoms with van der Waals surface area (Å²) in [5.41, 5.74) is 3.00. The summed E-state index contributed by atoms with van der Waals surface area (Å²) in [6.45, 7) is 3.98. The molecule has 0 bridgehead atoms. The zero-order valence-electron chi connectivity index (χ0n) is 10.2. The monoisotopic (exact) mass is 231 g/mol. The molecule has 0 radical (unpaired) electrons. The Labute approximate surface area is 101 Å². The van der Waals surface area contributed by atoms with Crippen molar-refractivity contribution in [3.8, 4) is 0 Å². The maximum atomic E-state index is 11.9. The van der Waals surface area contributed by atoms with Crippen molar-refractivity contribution in [3.05, 3.63) is 29.3 Å². The van der Waals surface area contributed by atoms with Gasteiger partial charge in [-0.2, -0.15) is 0 Å². The molecule has 1 fully saturated rings. The van der Waals surface area contributed by atoms with Crippen LogP contribution in [0.25, 0.3) is 0 Å². The Balaban J connectivity index is 2.10. The number of benzene rings is 1. The summed E-state index contributed by atoms with van der Waals surface area (Å²) >= 11 is 0. The summed E-state index contributed by atoms with van der Waals surface area (Å²) in [5, 5.41) is 2.84. The molecule has 1 unspecified atom stereocenters. The molecule has 90 valence electrons. The number of carbonyl (C=O) groups excluding carboxylic acids is 2. The van der Waals surface area contributed by atoms with Crippen LogP contribution < -0.4 is 5.32 Å². The van der Waals surface area contributed by atoms with E-state index >= 15 is 0 Å². The van der Waals surface area contributed by atoms with E-state index in [1.165, 1.54) is 0 Å². The number of aryl methyl sites for hydroxylation is 2. The van der Waals surface area contributed by atoms with E-state index in [1.54, 1.807) is 0 Å². The van der Waals surface area contributed by atoms with Crippen molar-refractivity contribution in [2.45, 2.75) is 33.1 Å². The van der Waals surface area contributed by atoms with Gasteiger partial charge in [-0.15, -0.1) is 0 Å². The molecule has 1 aliphatic rings. The van der Waals surface area contributed by atoms with Crippen LogP contribution in [0, 0.1) is 19.8 Å². The SMILES string of the molecule is Cc1cc(C)cc(NC(=O)C2CCCC2=O)c1. The summed E-state index contributed by atoms with van der Waals surface area (Å²) in [6.07, 6.45) is 2.07. The van der Waals surface area contributed by atoms with Gasteiger partial charge in [-0.1, -0.05) is 6.07 Å². The third-order valence-electron chi connectivity index (χ3n) is 3.11. The Morgan fingerprint density at radius 3 is 2.41 bits per heavy atom. The Hall–Kier alpha value is -1.64. The highest BCUT2D eigenvalue weighted by Gasteiger charge is 2.30. The maximum Gasteiger partial charge on any atom is 0.234 e. The van der Waals surface area contributed by atoms with Crippen LogP contribution in [0.2, 0.25) is 0 Å². The summed E-state index contributed by atoms with van der Waals surface area (Å²) in [7, 11) is 0. The van der Waals surface area contributed by atoms with Crippen molar-refractivity contribution in [2.24, 2.45) is 5.92 Å². The summed E-state index contributed by atoms with van der Waals surface area (Å²) in [6, 6.07) is 5.89. The smallest absolute Gasteiger partial charge is 0.234 e. The van der Waals surface area contributed by atoms with Gasteiger partial charge in [0.25, 0.3) is 0 Å². The van der Waals surface area contributed by atoms with E-state index in [9.17, 15) is 9.59 Å². The minimum absolute atomic E-state index is 0.0758. The van der Waals surface area contributed by atoms with Gasteiger partial charge >= 0.3 is 0 Å². The van der Waals surface area contributed by atoms with Crippen LogP contribution in [0.4, 0.5) is 5.69 Å². The topological polar surface area (TPSA) is 46.2 Å². The minimum atomic E-state index is -0.434. The van der Waals surface area contributed by atoms with Crippen LogP contribution in [-0.2, 0) is 9.59 Å². The highest BCUT2D eigenvalue weighted by Crippen LogP contribution is 2.23. The first-order valence-corrected chi connectivity index (χ1v) is 5.98. The van der Waals surface area contributed by atoms with Crippen molar-refractivity contribution >= 4 is 17.4 Å². The molecule has 0 aromatic heterocycles. The lowest BCUT2D eigenvalue weighted by Crippen LogP contribution is -2.25. The quantitative estimate of drug-likeness (QED) is 0.795. The average Bonchev–Trinajstić information content (AvgIpc) is 2.62. The molecule has 3 nitrogen and oxygen atoms in total. The Morgan fingerprint density at radius 2 is 1.88 bits per heavy atom. The van der Waals surface area contributed by atoms with Crippen molar-refractivity contribution in [1.29, 1.82) is 0 Å². The maximum absolute atomic E-state index is 11.9. The lowest BCUT2D eigenvalue weighted by Gasteiger charge is -2.10. The Bertz CT molecular complexity index is 445. The third-order valence-corrected chi connectivity index (χ3v) is 3.11. The first kappa shape index (κ1) is 11.8. The van der Waals surface area contributed by atoms with E-state index in [2.05, 4.69) is 11.4 Å². The Kier molecular flexibility index (Phi) is 3.27. The van der Waals surface area contributed by atoms with Gasteiger partial charge in [0, 0.05) is 12.1 Å². The summed E-state index contributed by atoms with van der Waals surface area (Å²) < 4.78 is 0. The molecule has 1 aliphatic carbocycles. The molecular weight excluding hydrogens is 214 g/mol. The molecule has 1 saturated carbocycles. The largest absolute Gasteiger partial charge is 0.325 e. The third kappa shape index (κ3) is 2.73. The number of anilines is 1. The van der Waals surface area contributed by atoms with E-state index in [4.69, 9.17) is 0 Å². The zero-order valence-corrected chi connectivity index (χ0v) is 10.2. The fourth-order valence-electron chi connectivity index (χ4n) is 2.37. The number of amides is 1. The molecule has 17 heavy (non-hydrogen) atoms. The van der Waals surface area contributed by atoms with Gasteiger partial charge in [-0.3, -0.25) is 9.59 Å². The van der Waals surface area contributed by atoms with E-state index in [0.29, 0.717) is 12.8 Å². The standard InChI is InChI=1S/C14H17NO2/c1-9-6-10(2)8-11(7-9)15-14(17)12-4-3-5-13(12)16/h6-8,12H,3-5H2,1-2H3,(H,15,17). The van der Waals surface area contributed by atoms with Gasteiger partial charge in [0.2, 0.25) is 5.91 Å². The predicted molar refractivity (Wildman–Crippen MR) is 66.9 cm³/mol. The molecule has 3 heteroatoms. The molecule has 0 aliphatic heterocycles. The highest BCUT2D eigenvalue weighted by molar-refractivity contribution is 6.08. The first-order chi connectivity index (χ1) is 8.06. The number of nitrogens with one attached hydrogen (secondary N) is 1. The van der Waals surface area contributed by atoms with Crippen LogP contribution in [0.15, 0.2) is 18.2 Å².